The van der Waals surface area contributed by atoms with Gasteiger partial charge in [0.2, 0.25) is 0 Å². The molecule has 7 heteroatoms. The van der Waals surface area contributed by atoms with Crippen LogP contribution in [0, 0.1) is 0 Å². The van der Waals surface area contributed by atoms with Gasteiger partial charge >= 0.3 is 0 Å². The van der Waals surface area contributed by atoms with Gasteiger partial charge in [-0.3, -0.25) is 0 Å². The second-order valence-corrected chi connectivity index (χ2v) is 6.72. The van der Waals surface area contributed by atoms with Crippen LogP contribution in [0.15, 0.2) is 53.3 Å². The van der Waals surface area contributed by atoms with Crippen LogP contribution in [0.25, 0.3) is 5.70 Å². The minimum atomic E-state index is -3.65. The van der Waals surface area contributed by atoms with Crippen LogP contribution in [-0.4, -0.2) is 15.0 Å². The van der Waals surface area contributed by atoms with Crippen molar-refractivity contribution in [2.75, 3.05) is 6.61 Å². The molecule has 0 aliphatic carbocycles. The smallest absolute Gasteiger partial charge is 0.257 e. The Kier molecular flexibility index (Phi) is 5.00. The van der Waals surface area contributed by atoms with Gasteiger partial charge < -0.3 is 10.2 Å². The predicted molar refractivity (Wildman–Crippen MR) is 84.4 cm³/mol. The van der Waals surface area contributed by atoms with E-state index in [4.69, 9.17) is 4.74 Å². The van der Waals surface area contributed by atoms with Crippen molar-refractivity contribution in [1.29, 1.82) is 0 Å². The second-order valence-electron chi connectivity index (χ2n) is 4.09. The van der Waals surface area contributed by atoms with Crippen molar-refractivity contribution in [2.24, 2.45) is 0 Å². The zero-order chi connectivity index (χ0) is 15.3. The van der Waals surface area contributed by atoms with Crippen LogP contribution in [0.1, 0.15) is 11.8 Å². The molecule has 112 valence electrons. The average molecular weight is 324 g/mol. The van der Waals surface area contributed by atoms with Gasteiger partial charge in [-0.25, -0.2) is 8.42 Å². The maximum Gasteiger partial charge on any atom is 0.257 e. The maximum atomic E-state index is 12.1. The first kappa shape index (κ1) is 15.6. The lowest BCUT2D eigenvalue weighted by atomic mass is 10.3. The second kappa shape index (κ2) is 6.75. The molecular weight excluding hydrogens is 308 g/mol. The molecule has 0 saturated carbocycles. The van der Waals surface area contributed by atoms with Gasteiger partial charge in [0, 0.05) is 0 Å². The van der Waals surface area contributed by atoms with E-state index in [1.54, 1.807) is 12.1 Å². The summed E-state index contributed by atoms with van der Waals surface area (Å²) in [6.45, 7) is 6.19. The van der Waals surface area contributed by atoms with Crippen molar-refractivity contribution in [3.63, 3.8) is 0 Å². The lowest BCUT2D eigenvalue weighted by Crippen LogP contribution is -2.35. The SMILES string of the molecule is C=C(NNS(=O)(=O)c1ccc(OCC)cc1)c1cccs1. The maximum absolute atomic E-state index is 12.1. The number of rotatable bonds is 7. The van der Waals surface area contributed by atoms with Crippen LogP contribution in [0.2, 0.25) is 0 Å². The fourth-order valence-electron chi connectivity index (χ4n) is 1.58. The molecule has 0 saturated heterocycles. The van der Waals surface area contributed by atoms with E-state index in [9.17, 15) is 8.42 Å². The van der Waals surface area contributed by atoms with Crippen molar-refractivity contribution < 1.29 is 13.2 Å². The number of benzene rings is 1. The molecule has 0 fully saturated rings. The Morgan fingerprint density at radius 1 is 1.29 bits per heavy atom. The van der Waals surface area contributed by atoms with E-state index in [1.165, 1.54) is 23.5 Å². The molecule has 1 aromatic heterocycles. The molecule has 0 aliphatic rings. The minimum Gasteiger partial charge on any atom is -0.494 e. The van der Waals surface area contributed by atoms with Gasteiger partial charge in [0.15, 0.2) is 0 Å². The number of sulfonamides is 1. The van der Waals surface area contributed by atoms with Crippen molar-refractivity contribution in [2.45, 2.75) is 11.8 Å². The summed E-state index contributed by atoms with van der Waals surface area (Å²) < 4.78 is 29.5. The summed E-state index contributed by atoms with van der Waals surface area (Å²) in [6, 6.07) is 9.93. The standard InChI is InChI=1S/C14H16N2O3S2/c1-3-19-12-6-8-13(9-7-12)21(17,18)16-15-11(2)14-5-4-10-20-14/h4-10,15-16H,2-3H2,1H3. The molecule has 0 atom stereocenters. The Labute approximate surface area is 128 Å². The van der Waals surface area contributed by atoms with Crippen LogP contribution < -0.4 is 15.0 Å². The van der Waals surface area contributed by atoms with E-state index in [0.717, 1.165) is 4.88 Å². The Morgan fingerprint density at radius 3 is 2.57 bits per heavy atom. The van der Waals surface area contributed by atoms with Gasteiger partial charge in [-0.15, -0.1) is 16.2 Å². The summed E-state index contributed by atoms with van der Waals surface area (Å²) >= 11 is 1.47. The summed E-state index contributed by atoms with van der Waals surface area (Å²) in [5.74, 6) is 0.632. The van der Waals surface area contributed by atoms with E-state index >= 15 is 0 Å². The molecular formula is C14H16N2O3S2. The first-order valence-corrected chi connectivity index (χ1v) is 8.62. The number of hydrazine groups is 1. The predicted octanol–water partition coefficient (Wildman–Crippen LogP) is 2.60. The van der Waals surface area contributed by atoms with Gasteiger partial charge in [0.05, 0.1) is 22.1 Å². The molecule has 1 aromatic carbocycles. The zero-order valence-corrected chi connectivity index (χ0v) is 13.1. The van der Waals surface area contributed by atoms with E-state index < -0.39 is 10.0 Å². The molecule has 0 spiro atoms. The van der Waals surface area contributed by atoms with E-state index in [2.05, 4.69) is 16.8 Å². The highest BCUT2D eigenvalue weighted by atomic mass is 32.2. The third-order valence-corrected chi connectivity index (χ3v) is 4.79. The third kappa shape index (κ3) is 4.07. The third-order valence-electron chi connectivity index (χ3n) is 2.60. The van der Waals surface area contributed by atoms with Gasteiger partial charge in [0.1, 0.15) is 5.75 Å². The largest absolute Gasteiger partial charge is 0.494 e. The van der Waals surface area contributed by atoms with Gasteiger partial charge in [-0.05, 0) is 42.6 Å². The molecule has 0 radical (unpaired) electrons. The highest BCUT2D eigenvalue weighted by Gasteiger charge is 2.14. The van der Waals surface area contributed by atoms with E-state index in [0.29, 0.717) is 18.1 Å². The summed E-state index contributed by atoms with van der Waals surface area (Å²) in [4.78, 5) is 3.32. The monoisotopic (exact) mass is 324 g/mol. The van der Waals surface area contributed by atoms with Crippen molar-refractivity contribution in [3.8, 4) is 5.75 Å². The fraction of sp³-hybridized carbons (Fsp3) is 0.143. The summed E-state index contributed by atoms with van der Waals surface area (Å²) in [6.07, 6.45) is 0. The normalized spacial score (nSPS) is 11.1. The van der Waals surface area contributed by atoms with Gasteiger partial charge in [0.25, 0.3) is 10.0 Å². The average Bonchev–Trinajstić information content (AvgIpc) is 3.00. The van der Waals surface area contributed by atoms with Crippen LogP contribution in [0.3, 0.4) is 0 Å². The molecule has 0 unspecified atom stereocenters. The van der Waals surface area contributed by atoms with Crippen LogP contribution in [-0.2, 0) is 10.0 Å². The number of hydrogen-bond donors (Lipinski definition) is 2. The van der Waals surface area contributed by atoms with Crippen LogP contribution >= 0.6 is 11.3 Å². The molecule has 0 aliphatic heterocycles. The Bertz CT molecular complexity index is 692. The lowest BCUT2D eigenvalue weighted by Gasteiger charge is -2.11. The quantitative estimate of drug-likeness (QED) is 0.768. The van der Waals surface area contributed by atoms with E-state index in [1.807, 2.05) is 24.4 Å². The molecule has 5 nitrogen and oxygen atoms in total. The summed E-state index contributed by atoms with van der Waals surface area (Å²) in [5.41, 5.74) is 3.11. The van der Waals surface area contributed by atoms with Crippen molar-refractivity contribution in [3.05, 3.63) is 53.2 Å². The molecule has 2 rings (SSSR count). The molecule has 2 N–H and O–H groups in total. The first-order chi connectivity index (χ1) is 10.0. The molecule has 1 heterocycles. The number of hydrogen-bond acceptors (Lipinski definition) is 5. The van der Waals surface area contributed by atoms with Crippen LogP contribution in [0.5, 0.6) is 5.75 Å². The molecule has 0 amide bonds. The molecule has 2 aromatic rings. The number of nitrogens with one attached hydrogen (secondary N) is 2. The number of ether oxygens (including phenoxy) is 1. The Balaban J connectivity index is 2.02. The van der Waals surface area contributed by atoms with Crippen LogP contribution in [0.4, 0.5) is 0 Å². The van der Waals surface area contributed by atoms with Crippen molar-refractivity contribution in [1.82, 2.24) is 10.3 Å². The summed E-state index contributed by atoms with van der Waals surface area (Å²) in [7, 11) is -3.65. The number of thiophene rings is 1. The van der Waals surface area contributed by atoms with Gasteiger partial charge in [-0.2, -0.15) is 0 Å². The van der Waals surface area contributed by atoms with Gasteiger partial charge in [-0.1, -0.05) is 12.6 Å². The Morgan fingerprint density at radius 2 is 2.00 bits per heavy atom. The molecule has 21 heavy (non-hydrogen) atoms. The Hall–Kier alpha value is -1.83. The zero-order valence-electron chi connectivity index (χ0n) is 11.5. The first-order valence-electron chi connectivity index (χ1n) is 6.26. The van der Waals surface area contributed by atoms with Crippen molar-refractivity contribution >= 4 is 27.1 Å². The molecule has 0 bridgehead atoms. The topological polar surface area (TPSA) is 67.4 Å². The summed E-state index contributed by atoms with van der Waals surface area (Å²) in [5, 5.41) is 1.89. The fourth-order valence-corrected chi connectivity index (χ4v) is 3.11. The highest BCUT2D eigenvalue weighted by molar-refractivity contribution is 7.89. The lowest BCUT2D eigenvalue weighted by molar-refractivity contribution is 0.340. The minimum absolute atomic E-state index is 0.150. The van der Waals surface area contributed by atoms with E-state index in [-0.39, 0.29) is 4.90 Å². The highest BCUT2D eigenvalue weighted by Crippen LogP contribution is 2.17.